The second kappa shape index (κ2) is 7.82. The Morgan fingerprint density at radius 3 is 2.86 bits per heavy atom. The second-order valence-corrected chi connectivity index (χ2v) is 10.8. The number of fused-ring (bicyclic) bond motifs is 4. The van der Waals surface area contributed by atoms with Gasteiger partial charge in [0, 0.05) is 35.4 Å². The van der Waals surface area contributed by atoms with Crippen molar-refractivity contribution in [3.8, 4) is 5.19 Å². The first kappa shape index (κ1) is 21.4. The standard InChI is InChI=1S/C25H25N9OS/c1-14-10-16(4-7-26-14)15(2)20-19-21(31-30-20)29-23(34-13-27-32-22(19)34)33-8-5-25(6-9-33)11-17-18(12-25)36-24(28-17)35-3/h4,7,10,13H,2,5-6,8-9,11-12H2,1,3H3,(H,30,31). The SMILES string of the molecule is C=C(c1ccnc(C)c1)c1n[nH]c2nc(N3CCC4(CC3)Cc3nc(OC)sc3C4)n3cnnc3c12. The first-order valence-electron chi connectivity index (χ1n) is 12.0. The van der Waals surface area contributed by atoms with Gasteiger partial charge >= 0.3 is 0 Å². The van der Waals surface area contributed by atoms with Gasteiger partial charge in [-0.15, -0.1) is 10.2 Å². The quantitative estimate of drug-likeness (QED) is 0.399. The van der Waals surface area contributed by atoms with Crippen molar-refractivity contribution in [3.63, 3.8) is 0 Å². The zero-order valence-corrected chi connectivity index (χ0v) is 21.0. The largest absolute Gasteiger partial charge is 0.473 e. The molecule has 1 fully saturated rings. The maximum absolute atomic E-state index is 5.34. The number of hydrogen-bond acceptors (Lipinski definition) is 9. The highest BCUT2D eigenvalue weighted by Gasteiger charge is 2.42. The normalized spacial score (nSPS) is 16.8. The highest BCUT2D eigenvalue weighted by Crippen LogP contribution is 2.48. The van der Waals surface area contributed by atoms with Gasteiger partial charge in [-0.1, -0.05) is 17.9 Å². The number of aromatic amines is 1. The molecule has 1 saturated heterocycles. The van der Waals surface area contributed by atoms with Gasteiger partial charge in [0.25, 0.3) is 5.19 Å². The summed E-state index contributed by atoms with van der Waals surface area (Å²) in [6.45, 7) is 8.11. The minimum absolute atomic E-state index is 0.287. The molecule has 36 heavy (non-hydrogen) atoms. The molecule has 1 N–H and O–H groups in total. The zero-order valence-electron chi connectivity index (χ0n) is 20.2. The smallest absolute Gasteiger partial charge is 0.273 e. The van der Waals surface area contributed by atoms with Gasteiger partial charge in [-0.25, -0.2) is 4.98 Å². The molecule has 0 radical (unpaired) electrons. The van der Waals surface area contributed by atoms with Crippen molar-refractivity contribution in [2.45, 2.75) is 32.6 Å². The van der Waals surface area contributed by atoms with Gasteiger partial charge in [0.15, 0.2) is 11.3 Å². The average Bonchev–Trinajstić information content (AvgIpc) is 3.65. The van der Waals surface area contributed by atoms with Crippen LogP contribution in [0.2, 0.25) is 0 Å². The van der Waals surface area contributed by atoms with Gasteiger partial charge in [-0.2, -0.15) is 10.1 Å². The minimum Gasteiger partial charge on any atom is -0.473 e. The number of hydrogen-bond donors (Lipinski definition) is 1. The fourth-order valence-electron chi connectivity index (χ4n) is 5.66. The van der Waals surface area contributed by atoms with Crippen molar-refractivity contribution in [2.75, 3.05) is 25.1 Å². The van der Waals surface area contributed by atoms with Crippen LogP contribution in [0.15, 0.2) is 31.2 Å². The third-order valence-corrected chi connectivity index (χ3v) is 8.65. The van der Waals surface area contributed by atoms with Crippen LogP contribution >= 0.6 is 11.3 Å². The van der Waals surface area contributed by atoms with Gasteiger partial charge in [-0.3, -0.25) is 14.5 Å². The summed E-state index contributed by atoms with van der Waals surface area (Å²) in [7, 11) is 1.69. The predicted octanol–water partition coefficient (Wildman–Crippen LogP) is 3.62. The molecule has 10 nitrogen and oxygen atoms in total. The second-order valence-electron chi connectivity index (χ2n) is 9.79. The number of thiazole rings is 1. The molecule has 11 heteroatoms. The monoisotopic (exact) mass is 499 g/mol. The molecule has 2 aliphatic rings. The van der Waals surface area contributed by atoms with Gasteiger partial charge in [0.1, 0.15) is 12.0 Å². The molecule has 0 bridgehead atoms. The van der Waals surface area contributed by atoms with E-state index in [2.05, 4.69) is 41.8 Å². The summed E-state index contributed by atoms with van der Waals surface area (Å²) in [5, 5.41) is 18.0. The molecule has 5 aromatic heterocycles. The molecule has 6 heterocycles. The molecule has 7 rings (SSSR count). The van der Waals surface area contributed by atoms with Gasteiger partial charge < -0.3 is 9.64 Å². The molecule has 1 aliphatic heterocycles. The third-order valence-electron chi connectivity index (χ3n) is 7.60. The lowest BCUT2D eigenvalue weighted by Gasteiger charge is -2.39. The lowest BCUT2D eigenvalue weighted by Crippen LogP contribution is -2.41. The van der Waals surface area contributed by atoms with Crippen LogP contribution in [-0.4, -0.2) is 59.9 Å². The van der Waals surface area contributed by atoms with Crippen molar-refractivity contribution in [1.29, 1.82) is 0 Å². The van der Waals surface area contributed by atoms with E-state index in [1.54, 1.807) is 31.0 Å². The number of aryl methyl sites for hydroxylation is 1. The van der Waals surface area contributed by atoms with E-state index in [1.807, 2.05) is 23.5 Å². The number of nitrogens with zero attached hydrogens (tertiary/aromatic N) is 8. The van der Waals surface area contributed by atoms with Crippen LogP contribution in [0, 0.1) is 12.3 Å². The number of pyridine rings is 1. The summed E-state index contributed by atoms with van der Waals surface area (Å²) in [4.78, 5) is 17.7. The van der Waals surface area contributed by atoms with Crippen LogP contribution in [0.1, 0.15) is 40.4 Å². The van der Waals surface area contributed by atoms with Crippen LogP contribution in [0.3, 0.4) is 0 Å². The molecule has 0 unspecified atom stereocenters. The Balaban J connectivity index is 1.19. The van der Waals surface area contributed by atoms with E-state index >= 15 is 0 Å². The van der Waals surface area contributed by atoms with E-state index < -0.39 is 0 Å². The van der Waals surface area contributed by atoms with Crippen molar-refractivity contribution in [1.82, 2.24) is 39.7 Å². The number of aromatic nitrogens is 8. The maximum atomic E-state index is 5.34. The first-order chi connectivity index (χ1) is 17.5. The topological polar surface area (TPSA) is 110 Å². The van der Waals surface area contributed by atoms with Crippen LogP contribution in [0.4, 0.5) is 5.95 Å². The van der Waals surface area contributed by atoms with Crippen molar-refractivity contribution < 1.29 is 4.74 Å². The van der Waals surface area contributed by atoms with E-state index in [4.69, 9.17) is 9.72 Å². The van der Waals surface area contributed by atoms with E-state index in [-0.39, 0.29) is 5.41 Å². The van der Waals surface area contributed by atoms with Gasteiger partial charge in [-0.05, 0) is 55.7 Å². The molecular weight excluding hydrogens is 474 g/mol. The Morgan fingerprint density at radius 2 is 2.08 bits per heavy atom. The van der Waals surface area contributed by atoms with Crippen LogP contribution in [0.25, 0.3) is 22.3 Å². The van der Waals surface area contributed by atoms with Crippen LogP contribution in [0.5, 0.6) is 5.19 Å². The summed E-state index contributed by atoms with van der Waals surface area (Å²) in [5.41, 5.74) is 6.34. The Bertz CT molecular complexity index is 1610. The number of piperidine rings is 1. The molecule has 0 saturated carbocycles. The summed E-state index contributed by atoms with van der Waals surface area (Å²) in [5.74, 6) is 0.838. The average molecular weight is 500 g/mol. The fraction of sp³-hybridized carbons (Fsp3) is 0.360. The molecule has 0 amide bonds. The number of methoxy groups -OCH3 is 1. The lowest BCUT2D eigenvalue weighted by molar-refractivity contribution is 0.230. The molecular formula is C25H25N9OS. The predicted molar refractivity (Wildman–Crippen MR) is 137 cm³/mol. The number of rotatable bonds is 4. The number of H-pyrrole nitrogens is 1. The van der Waals surface area contributed by atoms with E-state index in [0.29, 0.717) is 5.65 Å². The molecule has 182 valence electrons. The fourth-order valence-corrected chi connectivity index (χ4v) is 6.72. The van der Waals surface area contributed by atoms with Crippen molar-refractivity contribution in [3.05, 3.63) is 58.8 Å². The number of anilines is 1. The van der Waals surface area contributed by atoms with E-state index in [1.165, 1.54) is 10.6 Å². The van der Waals surface area contributed by atoms with Crippen molar-refractivity contribution in [2.24, 2.45) is 5.41 Å². The van der Waals surface area contributed by atoms with Crippen molar-refractivity contribution >= 4 is 39.5 Å². The molecule has 5 aromatic rings. The summed E-state index contributed by atoms with van der Waals surface area (Å²) < 4.78 is 7.31. The highest BCUT2D eigenvalue weighted by atomic mass is 32.1. The number of nitrogens with one attached hydrogen (secondary N) is 1. The Labute approximate surface area is 211 Å². The molecule has 1 aliphatic carbocycles. The van der Waals surface area contributed by atoms with Gasteiger partial charge in [0.2, 0.25) is 5.95 Å². The molecule has 0 atom stereocenters. The Kier molecular flexibility index (Phi) is 4.65. The lowest BCUT2D eigenvalue weighted by atomic mass is 9.76. The first-order valence-corrected chi connectivity index (χ1v) is 12.8. The molecule has 1 spiro atoms. The van der Waals surface area contributed by atoms with Crippen LogP contribution < -0.4 is 9.64 Å². The summed E-state index contributed by atoms with van der Waals surface area (Å²) in [6.07, 6.45) is 7.83. The maximum Gasteiger partial charge on any atom is 0.273 e. The summed E-state index contributed by atoms with van der Waals surface area (Å²) >= 11 is 1.69. The minimum atomic E-state index is 0.287. The van der Waals surface area contributed by atoms with E-state index in [9.17, 15) is 0 Å². The van der Waals surface area contributed by atoms with Crippen LogP contribution in [-0.2, 0) is 12.8 Å². The van der Waals surface area contributed by atoms with Gasteiger partial charge in [0.05, 0.1) is 18.2 Å². The van der Waals surface area contributed by atoms with E-state index in [0.717, 1.165) is 83.5 Å². The zero-order chi connectivity index (χ0) is 24.4. The Morgan fingerprint density at radius 1 is 1.22 bits per heavy atom. The molecule has 0 aromatic carbocycles. The third kappa shape index (κ3) is 3.22. The number of ether oxygens (including phenoxy) is 1. The Hall–Kier alpha value is -3.86. The highest BCUT2D eigenvalue weighted by molar-refractivity contribution is 7.13. The summed E-state index contributed by atoms with van der Waals surface area (Å²) in [6, 6.07) is 3.94.